The van der Waals surface area contributed by atoms with Crippen LogP contribution in [-0.2, 0) is 6.54 Å². The van der Waals surface area contributed by atoms with E-state index in [2.05, 4.69) is 10.3 Å². The zero-order chi connectivity index (χ0) is 13.9. The summed E-state index contributed by atoms with van der Waals surface area (Å²) in [5, 5.41) is 4.29. The molecule has 3 aromatic rings. The molecule has 0 saturated carbocycles. The van der Waals surface area contributed by atoms with E-state index >= 15 is 0 Å². The van der Waals surface area contributed by atoms with Crippen molar-refractivity contribution in [2.24, 2.45) is 0 Å². The van der Waals surface area contributed by atoms with Crippen LogP contribution in [0.1, 0.15) is 5.56 Å². The lowest BCUT2D eigenvalue weighted by molar-refractivity contribution is 0.627. The van der Waals surface area contributed by atoms with Gasteiger partial charge in [0.2, 0.25) is 0 Å². The van der Waals surface area contributed by atoms with Crippen LogP contribution in [0.2, 0.25) is 0 Å². The number of hydrogen-bond acceptors (Lipinski definition) is 3. The molecule has 0 atom stereocenters. The average Bonchev–Trinajstić information content (AvgIpc) is 2.48. The summed E-state index contributed by atoms with van der Waals surface area (Å²) < 4.78 is 12.9. The largest absolute Gasteiger partial charge is 0.396 e. The van der Waals surface area contributed by atoms with Crippen LogP contribution >= 0.6 is 0 Å². The number of nitrogens with two attached hydrogens (primary N) is 1. The van der Waals surface area contributed by atoms with E-state index in [9.17, 15) is 4.39 Å². The van der Waals surface area contributed by atoms with Gasteiger partial charge in [-0.3, -0.25) is 4.98 Å². The molecule has 100 valence electrons. The van der Waals surface area contributed by atoms with Gasteiger partial charge >= 0.3 is 0 Å². The molecular formula is C16H14FN3. The fourth-order valence-electron chi connectivity index (χ4n) is 2.15. The van der Waals surface area contributed by atoms with Gasteiger partial charge in [-0.05, 0) is 23.8 Å². The van der Waals surface area contributed by atoms with Crippen LogP contribution in [0, 0.1) is 5.82 Å². The third-order valence-electron chi connectivity index (χ3n) is 3.19. The fraction of sp³-hybridized carbons (Fsp3) is 0.0625. The summed E-state index contributed by atoms with van der Waals surface area (Å²) in [6, 6.07) is 14.2. The molecule has 0 aliphatic heterocycles. The highest BCUT2D eigenvalue weighted by Gasteiger charge is 2.05. The monoisotopic (exact) mass is 267 g/mol. The number of halogens is 1. The van der Waals surface area contributed by atoms with Crippen LogP contribution in [0.25, 0.3) is 10.9 Å². The molecule has 0 fully saturated rings. The van der Waals surface area contributed by atoms with Gasteiger partial charge in [0, 0.05) is 11.9 Å². The van der Waals surface area contributed by atoms with Gasteiger partial charge in [0.05, 0.1) is 23.1 Å². The number of hydrogen-bond donors (Lipinski definition) is 2. The minimum Gasteiger partial charge on any atom is -0.396 e. The van der Waals surface area contributed by atoms with Crippen LogP contribution in [0.4, 0.5) is 15.8 Å². The average molecular weight is 267 g/mol. The lowest BCUT2D eigenvalue weighted by atomic mass is 10.1. The molecule has 3 N–H and O–H groups in total. The molecule has 0 aliphatic carbocycles. The van der Waals surface area contributed by atoms with Crippen LogP contribution in [0.15, 0.2) is 54.7 Å². The molecule has 4 heteroatoms. The van der Waals surface area contributed by atoms with Crippen molar-refractivity contribution in [3.8, 4) is 0 Å². The standard InChI is InChI=1S/C16H14FN3/c17-12-7-5-11(6-8-12)9-20-16-13-3-1-2-4-15(13)19-10-14(16)18/h1-8,10H,9,18H2,(H,19,20). The van der Waals surface area contributed by atoms with E-state index in [1.807, 2.05) is 24.3 Å². The maximum atomic E-state index is 12.9. The Morgan fingerprint density at radius 1 is 1.05 bits per heavy atom. The third-order valence-corrected chi connectivity index (χ3v) is 3.19. The smallest absolute Gasteiger partial charge is 0.123 e. The number of aromatic nitrogens is 1. The number of nitrogens with one attached hydrogen (secondary N) is 1. The maximum absolute atomic E-state index is 12.9. The Morgan fingerprint density at radius 3 is 2.60 bits per heavy atom. The molecule has 3 nitrogen and oxygen atoms in total. The van der Waals surface area contributed by atoms with Crippen LogP contribution in [0.5, 0.6) is 0 Å². The molecule has 0 spiro atoms. The number of fused-ring (bicyclic) bond motifs is 1. The van der Waals surface area contributed by atoms with Gasteiger partial charge < -0.3 is 11.1 Å². The Kier molecular flexibility index (Phi) is 3.21. The molecular weight excluding hydrogens is 253 g/mol. The van der Waals surface area contributed by atoms with Crippen molar-refractivity contribution in [3.05, 3.63) is 66.1 Å². The van der Waals surface area contributed by atoms with E-state index in [0.29, 0.717) is 12.2 Å². The summed E-state index contributed by atoms with van der Waals surface area (Å²) in [6.07, 6.45) is 1.65. The highest BCUT2D eigenvalue weighted by molar-refractivity contribution is 5.96. The topological polar surface area (TPSA) is 50.9 Å². The second-order valence-electron chi connectivity index (χ2n) is 4.59. The predicted octanol–water partition coefficient (Wildman–Crippen LogP) is 3.57. The highest BCUT2D eigenvalue weighted by atomic mass is 19.1. The summed E-state index contributed by atoms with van der Waals surface area (Å²) in [5.41, 5.74) is 9.34. The zero-order valence-corrected chi connectivity index (χ0v) is 10.8. The second-order valence-corrected chi connectivity index (χ2v) is 4.59. The zero-order valence-electron chi connectivity index (χ0n) is 10.8. The summed E-state index contributed by atoms with van der Waals surface area (Å²) in [4.78, 5) is 4.29. The van der Waals surface area contributed by atoms with E-state index in [-0.39, 0.29) is 5.82 Å². The summed E-state index contributed by atoms with van der Waals surface area (Å²) in [5.74, 6) is -0.234. The first-order valence-electron chi connectivity index (χ1n) is 6.35. The molecule has 0 aliphatic rings. The maximum Gasteiger partial charge on any atom is 0.123 e. The van der Waals surface area contributed by atoms with Crippen molar-refractivity contribution in [1.82, 2.24) is 4.98 Å². The van der Waals surface area contributed by atoms with Crippen LogP contribution in [0.3, 0.4) is 0 Å². The molecule has 0 saturated heterocycles. The Balaban J connectivity index is 1.90. The Morgan fingerprint density at radius 2 is 1.80 bits per heavy atom. The molecule has 0 bridgehead atoms. The van der Waals surface area contributed by atoms with Crippen molar-refractivity contribution in [3.63, 3.8) is 0 Å². The first-order valence-corrected chi connectivity index (χ1v) is 6.35. The number of rotatable bonds is 3. The number of benzene rings is 2. The number of anilines is 2. The van der Waals surface area contributed by atoms with Crippen LogP contribution in [-0.4, -0.2) is 4.98 Å². The third kappa shape index (κ3) is 2.40. The Labute approximate surface area is 116 Å². The van der Waals surface area contributed by atoms with Gasteiger partial charge in [-0.2, -0.15) is 0 Å². The van der Waals surface area contributed by atoms with Crippen LogP contribution < -0.4 is 11.1 Å². The van der Waals surface area contributed by atoms with Crippen molar-refractivity contribution >= 4 is 22.3 Å². The van der Waals surface area contributed by atoms with Crippen molar-refractivity contribution < 1.29 is 4.39 Å². The van der Waals surface area contributed by atoms with Gasteiger partial charge in [0.1, 0.15) is 5.82 Å². The van der Waals surface area contributed by atoms with E-state index in [1.165, 1.54) is 12.1 Å². The normalized spacial score (nSPS) is 10.7. The summed E-state index contributed by atoms with van der Waals surface area (Å²) in [7, 11) is 0. The molecule has 0 unspecified atom stereocenters. The van der Waals surface area contributed by atoms with E-state index in [4.69, 9.17) is 5.73 Å². The molecule has 1 aromatic heterocycles. The van der Waals surface area contributed by atoms with Gasteiger partial charge in [-0.15, -0.1) is 0 Å². The quantitative estimate of drug-likeness (QED) is 0.762. The first kappa shape index (κ1) is 12.4. The Hall–Kier alpha value is -2.62. The number of para-hydroxylation sites is 1. The second kappa shape index (κ2) is 5.17. The lowest BCUT2D eigenvalue weighted by Crippen LogP contribution is -2.04. The molecule has 3 rings (SSSR count). The van der Waals surface area contributed by atoms with Crippen molar-refractivity contribution in [1.29, 1.82) is 0 Å². The van der Waals surface area contributed by atoms with Gasteiger partial charge in [0.15, 0.2) is 0 Å². The van der Waals surface area contributed by atoms with Crippen molar-refractivity contribution in [2.75, 3.05) is 11.1 Å². The van der Waals surface area contributed by atoms with Gasteiger partial charge in [0.25, 0.3) is 0 Å². The number of pyridine rings is 1. The van der Waals surface area contributed by atoms with E-state index in [0.717, 1.165) is 22.2 Å². The molecule has 0 radical (unpaired) electrons. The van der Waals surface area contributed by atoms with E-state index < -0.39 is 0 Å². The SMILES string of the molecule is Nc1cnc2ccccc2c1NCc1ccc(F)cc1. The fourth-order valence-corrected chi connectivity index (χ4v) is 2.15. The molecule has 20 heavy (non-hydrogen) atoms. The van der Waals surface area contributed by atoms with Gasteiger partial charge in [-0.25, -0.2) is 4.39 Å². The minimum atomic E-state index is -0.234. The lowest BCUT2D eigenvalue weighted by Gasteiger charge is -2.12. The minimum absolute atomic E-state index is 0.234. The van der Waals surface area contributed by atoms with Crippen molar-refractivity contribution in [2.45, 2.75) is 6.54 Å². The summed E-state index contributed by atoms with van der Waals surface area (Å²) in [6.45, 7) is 0.582. The van der Waals surface area contributed by atoms with Gasteiger partial charge in [-0.1, -0.05) is 30.3 Å². The summed E-state index contributed by atoms with van der Waals surface area (Å²) >= 11 is 0. The number of nitrogen functional groups attached to an aromatic ring is 1. The van der Waals surface area contributed by atoms with E-state index in [1.54, 1.807) is 18.3 Å². The highest BCUT2D eigenvalue weighted by Crippen LogP contribution is 2.27. The number of nitrogens with zero attached hydrogens (tertiary/aromatic N) is 1. The first-order chi connectivity index (χ1) is 9.74. The molecule has 1 heterocycles. The Bertz CT molecular complexity index is 738. The predicted molar refractivity (Wildman–Crippen MR) is 79.9 cm³/mol. The molecule has 2 aromatic carbocycles. The molecule has 0 amide bonds.